The van der Waals surface area contributed by atoms with Gasteiger partial charge in [-0.2, -0.15) is 0 Å². The van der Waals surface area contributed by atoms with Gasteiger partial charge in [-0.25, -0.2) is 12.7 Å². The zero-order valence-electron chi connectivity index (χ0n) is 13.5. The Balaban J connectivity index is 1.46. The fourth-order valence-electron chi connectivity index (χ4n) is 3.49. The van der Waals surface area contributed by atoms with E-state index in [2.05, 4.69) is 0 Å². The molecule has 0 aliphatic carbocycles. The van der Waals surface area contributed by atoms with Gasteiger partial charge in [0.1, 0.15) is 11.4 Å². The second-order valence-corrected chi connectivity index (χ2v) is 8.13. The Morgan fingerprint density at radius 3 is 2.40 bits per heavy atom. The first-order chi connectivity index (χ1) is 11.9. The first-order valence-electron chi connectivity index (χ1n) is 8.15. The van der Waals surface area contributed by atoms with Gasteiger partial charge in [-0.15, -0.1) is 0 Å². The maximum absolute atomic E-state index is 12.5. The minimum Gasteiger partial charge on any atom is -0.347 e. The van der Waals surface area contributed by atoms with Gasteiger partial charge < -0.3 is 14.4 Å². The molecule has 2 saturated heterocycles. The van der Waals surface area contributed by atoms with E-state index in [0.717, 1.165) is 0 Å². The van der Waals surface area contributed by atoms with Crippen LogP contribution in [-0.2, 0) is 24.3 Å². The zero-order valence-corrected chi connectivity index (χ0v) is 14.3. The molecule has 1 spiro atoms. The van der Waals surface area contributed by atoms with Crippen LogP contribution in [0.1, 0.15) is 23.2 Å². The van der Waals surface area contributed by atoms with Gasteiger partial charge in [0.05, 0.1) is 18.8 Å². The van der Waals surface area contributed by atoms with Crippen molar-refractivity contribution in [2.45, 2.75) is 23.5 Å². The standard InChI is InChI=1S/C16H18N2O6S/c19-14(17-7-5-16(6-8-17)23-9-10-24-16)11-18-15(20)12-3-1-2-4-13(12)25(18,21)22/h1-4H,5-11H2. The Morgan fingerprint density at radius 1 is 1.12 bits per heavy atom. The van der Waals surface area contributed by atoms with Gasteiger partial charge in [0.25, 0.3) is 15.9 Å². The first kappa shape index (κ1) is 16.5. The average molecular weight is 366 g/mol. The fraction of sp³-hybridized carbons (Fsp3) is 0.500. The highest BCUT2D eigenvalue weighted by atomic mass is 32.2. The third-order valence-corrected chi connectivity index (χ3v) is 6.67. The van der Waals surface area contributed by atoms with Crippen LogP contribution < -0.4 is 0 Å². The molecule has 2 fully saturated rings. The van der Waals surface area contributed by atoms with Gasteiger partial charge in [0, 0.05) is 25.9 Å². The number of amides is 2. The highest BCUT2D eigenvalue weighted by Crippen LogP contribution is 2.32. The quantitative estimate of drug-likeness (QED) is 0.742. The Morgan fingerprint density at radius 2 is 1.76 bits per heavy atom. The third-order valence-electron chi connectivity index (χ3n) is 4.88. The highest BCUT2D eigenvalue weighted by Gasteiger charge is 2.44. The van der Waals surface area contributed by atoms with Crippen LogP contribution in [0.25, 0.3) is 0 Å². The van der Waals surface area contributed by atoms with Crippen LogP contribution in [0, 0.1) is 0 Å². The van der Waals surface area contributed by atoms with Crippen LogP contribution >= 0.6 is 0 Å². The number of carbonyl (C=O) groups is 2. The van der Waals surface area contributed by atoms with Crippen molar-refractivity contribution in [3.05, 3.63) is 29.8 Å². The van der Waals surface area contributed by atoms with Crippen LogP contribution in [-0.4, -0.2) is 68.1 Å². The lowest BCUT2D eigenvalue weighted by Crippen LogP contribution is -2.50. The number of carbonyl (C=O) groups excluding carboxylic acids is 2. The van der Waals surface area contributed by atoms with Gasteiger partial charge in [0.15, 0.2) is 5.79 Å². The van der Waals surface area contributed by atoms with Crippen molar-refractivity contribution in [2.24, 2.45) is 0 Å². The molecule has 9 heteroatoms. The van der Waals surface area contributed by atoms with Crippen molar-refractivity contribution in [2.75, 3.05) is 32.8 Å². The van der Waals surface area contributed by atoms with E-state index in [1.165, 1.54) is 12.1 Å². The van der Waals surface area contributed by atoms with E-state index in [4.69, 9.17) is 9.47 Å². The molecule has 3 aliphatic rings. The van der Waals surface area contributed by atoms with E-state index in [1.54, 1.807) is 17.0 Å². The summed E-state index contributed by atoms with van der Waals surface area (Å²) in [5, 5.41) is 0. The number of nitrogens with zero attached hydrogens (tertiary/aromatic N) is 2. The topological polar surface area (TPSA) is 93.2 Å². The lowest BCUT2D eigenvalue weighted by Gasteiger charge is -2.37. The van der Waals surface area contributed by atoms with Crippen molar-refractivity contribution in [1.29, 1.82) is 0 Å². The largest absolute Gasteiger partial charge is 0.347 e. The summed E-state index contributed by atoms with van der Waals surface area (Å²) in [5.41, 5.74) is 0.112. The maximum Gasteiger partial charge on any atom is 0.269 e. The summed E-state index contributed by atoms with van der Waals surface area (Å²) in [6.45, 7) is 1.44. The molecule has 134 valence electrons. The average Bonchev–Trinajstić information content (AvgIpc) is 3.13. The van der Waals surface area contributed by atoms with E-state index < -0.39 is 34.2 Å². The van der Waals surface area contributed by atoms with Gasteiger partial charge in [-0.3, -0.25) is 9.59 Å². The zero-order chi connectivity index (χ0) is 17.7. The van der Waals surface area contributed by atoms with Crippen LogP contribution in [0.15, 0.2) is 29.2 Å². The molecule has 0 radical (unpaired) electrons. The third kappa shape index (κ3) is 2.62. The number of sulfonamides is 1. The van der Waals surface area contributed by atoms with Gasteiger partial charge in [0.2, 0.25) is 5.91 Å². The number of hydrogen-bond acceptors (Lipinski definition) is 6. The molecule has 0 atom stereocenters. The summed E-state index contributed by atoms with van der Waals surface area (Å²) in [6, 6.07) is 6.00. The molecule has 0 bridgehead atoms. The molecule has 0 saturated carbocycles. The molecule has 0 N–H and O–H groups in total. The molecule has 1 aromatic carbocycles. The van der Waals surface area contributed by atoms with Crippen molar-refractivity contribution < 1.29 is 27.5 Å². The van der Waals surface area contributed by atoms with E-state index >= 15 is 0 Å². The predicted molar refractivity (Wildman–Crippen MR) is 85.1 cm³/mol. The maximum atomic E-state index is 12.5. The monoisotopic (exact) mass is 366 g/mol. The molecule has 1 aromatic rings. The number of ether oxygens (including phenoxy) is 2. The first-order valence-corrected chi connectivity index (χ1v) is 9.59. The molecule has 25 heavy (non-hydrogen) atoms. The van der Waals surface area contributed by atoms with Crippen molar-refractivity contribution in [3.8, 4) is 0 Å². The Labute approximate surface area is 145 Å². The van der Waals surface area contributed by atoms with E-state index in [9.17, 15) is 18.0 Å². The number of hydrogen-bond donors (Lipinski definition) is 0. The van der Waals surface area contributed by atoms with Gasteiger partial charge >= 0.3 is 0 Å². The molecule has 3 heterocycles. The normalized spacial score (nSPS) is 23.9. The van der Waals surface area contributed by atoms with Crippen LogP contribution in [0.5, 0.6) is 0 Å². The van der Waals surface area contributed by atoms with Gasteiger partial charge in [-0.05, 0) is 12.1 Å². The van der Waals surface area contributed by atoms with Crippen LogP contribution in [0.4, 0.5) is 0 Å². The molecule has 8 nitrogen and oxygen atoms in total. The minimum absolute atomic E-state index is 0.0434. The molecular formula is C16H18N2O6S. The Bertz CT molecular complexity index is 821. The molecule has 0 unspecified atom stereocenters. The Kier molecular flexibility index (Phi) is 3.82. The number of piperidine rings is 1. The lowest BCUT2D eigenvalue weighted by atomic mass is 10.0. The predicted octanol–water partition coefficient (Wildman–Crippen LogP) is 0.197. The van der Waals surface area contributed by atoms with Crippen LogP contribution in [0.3, 0.4) is 0 Å². The summed E-state index contributed by atoms with van der Waals surface area (Å²) < 4.78 is 36.9. The SMILES string of the molecule is O=C(CN1C(=O)c2ccccc2S1(=O)=O)N1CCC2(CC1)OCCO2. The summed E-state index contributed by atoms with van der Waals surface area (Å²) >= 11 is 0. The van der Waals surface area contributed by atoms with Crippen LogP contribution in [0.2, 0.25) is 0 Å². The molecule has 2 amide bonds. The fourth-order valence-corrected chi connectivity index (χ4v) is 5.01. The second kappa shape index (κ2) is 5.79. The number of fused-ring (bicyclic) bond motifs is 1. The smallest absolute Gasteiger partial charge is 0.269 e. The molecule has 3 aliphatic heterocycles. The second-order valence-electron chi connectivity index (χ2n) is 6.30. The van der Waals surface area contributed by atoms with E-state index in [1.807, 2.05) is 0 Å². The molecular weight excluding hydrogens is 348 g/mol. The van der Waals surface area contributed by atoms with Gasteiger partial charge in [-0.1, -0.05) is 12.1 Å². The lowest BCUT2D eigenvalue weighted by molar-refractivity contribution is -0.187. The van der Waals surface area contributed by atoms with Crippen molar-refractivity contribution in [3.63, 3.8) is 0 Å². The molecule has 0 aromatic heterocycles. The summed E-state index contributed by atoms with van der Waals surface area (Å²) in [7, 11) is -3.96. The number of benzene rings is 1. The van der Waals surface area contributed by atoms with Crippen molar-refractivity contribution >= 4 is 21.8 Å². The Hall–Kier alpha value is -1.97. The minimum atomic E-state index is -3.96. The summed E-state index contributed by atoms with van der Waals surface area (Å²) in [4.78, 5) is 26.4. The molecule has 4 rings (SSSR count). The number of likely N-dealkylation sites (tertiary alicyclic amines) is 1. The highest BCUT2D eigenvalue weighted by molar-refractivity contribution is 7.90. The summed E-state index contributed by atoms with van der Waals surface area (Å²) in [6.07, 6.45) is 1.08. The summed E-state index contributed by atoms with van der Waals surface area (Å²) in [5.74, 6) is -1.65. The van der Waals surface area contributed by atoms with E-state index in [-0.39, 0.29) is 10.5 Å². The van der Waals surface area contributed by atoms with E-state index in [0.29, 0.717) is 43.5 Å². The van der Waals surface area contributed by atoms with Crippen molar-refractivity contribution in [1.82, 2.24) is 9.21 Å². The number of rotatable bonds is 2.